The lowest BCUT2D eigenvalue weighted by Crippen LogP contribution is -2.34. The predicted octanol–water partition coefficient (Wildman–Crippen LogP) is 4.39. The van der Waals surface area contributed by atoms with Crippen LogP contribution in [0.4, 0.5) is 0 Å². The van der Waals surface area contributed by atoms with E-state index in [1.165, 1.54) is 25.7 Å². The fraction of sp³-hybridized carbons (Fsp3) is 1.00. The van der Waals surface area contributed by atoms with Crippen molar-refractivity contribution in [3.8, 4) is 0 Å². The van der Waals surface area contributed by atoms with E-state index in [0.29, 0.717) is 5.41 Å². The van der Waals surface area contributed by atoms with Gasteiger partial charge in [-0.25, -0.2) is 0 Å². The van der Waals surface area contributed by atoms with Gasteiger partial charge >= 0.3 is 0 Å². The van der Waals surface area contributed by atoms with Crippen molar-refractivity contribution in [2.75, 3.05) is 0 Å². The van der Waals surface area contributed by atoms with E-state index in [4.69, 9.17) is 0 Å². The summed E-state index contributed by atoms with van der Waals surface area (Å²) in [4.78, 5) is 0. The molecule has 0 aromatic rings. The third-order valence-corrected chi connectivity index (χ3v) is 4.60. The molecule has 96 valence electrons. The topological polar surface area (TPSA) is 20.2 Å². The summed E-state index contributed by atoms with van der Waals surface area (Å²) in [5.74, 6) is 1.66. The van der Waals surface area contributed by atoms with Gasteiger partial charge in [0.05, 0.1) is 6.10 Å². The molecule has 1 saturated carbocycles. The van der Waals surface area contributed by atoms with Crippen LogP contribution in [0.25, 0.3) is 0 Å². The molecule has 0 aromatic carbocycles. The highest BCUT2D eigenvalue weighted by atomic mass is 16.3. The fourth-order valence-corrected chi connectivity index (χ4v) is 3.56. The highest BCUT2D eigenvalue weighted by Gasteiger charge is 2.36. The van der Waals surface area contributed by atoms with Crippen molar-refractivity contribution in [3.05, 3.63) is 0 Å². The molecule has 0 aromatic heterocycles. The van der Waals surface area contributed by atoms with Gasteiger partial charge in [0.15, 0.2) is 0 Å². The van der Waals surface area contributed by atoms with Crippen LogP contribution in [0, 0.1) is 17.3 Å². The maximum Gasteiger partial charge on any atom is 0.0540 e. The minimum atomic E-state index is -0.0603. The number of hydrogen-bond acceptors (Lipinski definition) is 1. The summed E-state index contributed by atoms with van der Waals surface area (Å²) in [5.41, 5.74) is 0.490. The molecule has 0 unspecified atom stereocenters. The molecule has 16 heavy (non-hydrogen) atoms. The molecular formula is C15H30O. The summed E-state index contributed by atoms with van der Waals surface area (Å²) in [6.07, 6.45) is 8.38. The van der Waals surface area contributed by atoms with Crippen LogP contribution >= 0.6 is 0 Å². The zero-order chi connectivity index (χ0) is 12.2. The van der Waals surface area contributed by atoms with Gasteiger partial charge < -0.3 is 5.11 Å². The summed E-state index contributed by atoms with van der Waals surface area (Å²) in [7, 11) is 0. The second kappa shape index (κ2) is 6.05. The van der Waals surface area contributed by atoms with Crippen molar-refractivity contribution in [1.29, 1.82) is 0 Å². The Kier molecular flexibility index (Phi) is 5.30. The number of aliphatic hydroxyl groups excluding tert-OH is 1. The van der Waals surface area contributed by atoms with Crippen LogP contribution in [0.3, 0.4) is 0 Å². The molecule has 0 spiro atoms. The quantitative estimate of drug-likeness (QED) is 0.737. The maximum atomic E-state index is 9.84. The van der Waals surface area contributed by atoms with Crippen molar-refractivity contribution in [2.45, 2.75) is 78.7 Å². The van der Waals surface area contributed by atoms with Gasteiger partial charge in [0, 0.05) is 0 Å². The van der Waals surface area contributed by atoms with Crippen LogP contribution in [0.5, 0.6) is 0 Å². The molecular weight excluding hydrogens is 196 g/mol. The van der Waals surface area contributed by atoms with E-state index >= 15 is 0 Å². The Morgan fingerprint density at radius 2 is 2.00 bits per heavy atom. The SMILES string of the molecule is CCC[C@@H](O)CC[C@@H]1[C@H](C)CCCC1(C)C. The molecule has 1 aliphatic rings. The van der Waals surface area contributed by atoms with E-state index in [2.05, 4.69) is 27.7 Å². The first-order valence-electron chi connectivity index (χ1n) is 7.15. The molecule has 1 N–H and O–H groups in total. The normalized spacial score (nSPS) is 31.3. The van der Waals surface area contributed by atoms with Crippen molar-refractivity contribution in [1.82, 2.24) is 0 Å². The highest BCUT2D eigenvalue weighted by Crippen LogP contribution is 2.46. The lowest BCUT2D eigenvalue weighted by molar-refractivity contribution is 0.0560. The molecule has 1 heteroatoms. The second-order valence-electron chi connectivity index (χ2n) is 6.48. The van der Waals surface area contributed by atoms with Crippen LogP contribution < -0.4 is 0 Å². The number of rotatable bonds is 5. The first-order chi connectivity index (χ1) is 7.47. The zero-order valence-electron chi connectivity index (χ0n) is 11.6. The van der Waals surface area contributed by atoms with E-state index in [0.717, 1.165) is 31.1 Å². The molecule has 1 rings (SSSR count). The minimum Gasteiger partial charge on any atom is -0.393 e. The van der Waals surface area contributed by atoms with Gasteiger partial charge in [0.1, 0.15) is 0 Å². The molecule has 0 amide bonds. The summed E-state index contributed by atoms with van der Waals surface area (Å²) in [5, 5.41) is 9.84. The zero-order valence-corrected chi connectivity index (χ0v) is 11.6. The smallest absolute Gasteiger partial charge is 0.0540 e. The summed E-state index contributed by atoms with van der Waals surface area (Å²) in [6, 6.07) is 0. The summed E-state index contributed by atoms with van der Waals surface area (Å²) < 4.78 is 0. The van der Waals surface area contributed by atoms with Gasteiger partial charge in [-0.3, -0.25) is 0 Å². The van der Waals surface area contributed by atoms with E-state index in [1.807, 2.05) is 0 Å². The predicted molar refractivity (Wildman–Crippen MR) is 70.4 cm³/mol. The molecule has 0 saturated heterocycles. The average Bonchev–Trinajstić information content (AvgIpc) is 2.16. The number of hydrogen-bond donors (Lipinski definition) is 1. The van der Waals surface area contributed by atoms with Crippen LogP contribution in [0.2, 0.25) is 0 Å². The average molecular weight is 226 g/mol. The number of aliphatic hydroxyl groups is 1. The maximum absolute atomic E-state index is 9.84. The van der Waals surface area contributed by atoms with Crippen molar-refractivity contribution in [3.63, 3.8) is 0 Å². The summed E-state index contributed by atoms with van der Waals surface area (Å²) in [6.45, 7) is 9.38. The molecule has 3 atom stereocenters. The molecule has 1 nitrogen and oxygen atoms in total. The van der Waals surface area contributed by atoms with E-state index in [-0.39, 0.29) is 6.10 Å². The van der Waals surface area contributed by atoms with Gasteiger partial charge in [-0.2, -0.15) is 0 Å². The van der Waals surface area contributed by atoms with Gasteiger partial charge in [0.2, 0.25) is 0 Å². The fourth-order valence-electron chi connectivity index (χ4n) is 3.56. The Hall–Kier alpha value is -0.0400. The van der Waals surface area contributed by atoms with Crippen LogP contribution in [0.1, 0.15) is 72.6 Å². The van der Waals surface area contributed by atoms with Gasteiger partial charge in [-0.15, -0.1) is 0 Å². The van der Waals surface area contributed by atoms with Crippen molar-refractivity contribution >= 4 is 0 Å². The molecule has 0 radical (unpaired) electrons. The standard InChI is InChI=1S/C15H30O/c1-5-7-13(16)9-10-14-12(2)8-6-11-15(14,3)4/h12-14,16H,5-11H2,1-4H3/t12-,13-,14-/m1/s1. The summed E-state index contributed by atoms with van der Waals surface area (Å²) >= 11 is 0. The van der Waals surface area contributed by atoms with Gasteiger partial charge in [-0.1, -0.05) is 47.0 Å². The van der Waals surface area contributed by atoms with Crippen LogP contribution in [0.15, 0.2) is 0 Å². The van der Waals surface area contributed by atoms with E-state index < -0.39 is 0 Å². The van der Waals surface area contributed by atoms with Gasteiger partial charge in [0.25, 0.3) is 0 Å². The Bertz CT molecular complexity index is 198. The van der Waals surface area contributed by atoms with E-state index in [9.17, 15) is 5.11 Å². The molecule has 0 aliphatic heterocycles. The Morgan fingerprint density at radius 3 is 2.56 bits per heavy atom. The van der Waals surface area contributed by atoms with Crippen LogP contribution in [-0.4, -0.2) is 11.2 Å². The molecule has 0 heterocycles. The minimum absolute atomic E-state index is 0.0603. The first-order valence-corrected chi connectivity index (χ1v) is 7.15. The molecule has 0 bridgehead atoms. The van der Waals surface area contributed by atoms with Crippen molar-refractivity contribution in [2.24, 2.45) is 17.3 Å². The Labute approximate surface area is 102 Å². The Morgan fingerprint density at radius 1 is 1.31 bits per heavy atom. The molecule has 1 fully saturated rings. The monoisotopic (exact) mass is 226 g/mol. The highest BCUT2D eigenvalue weighted by molar-refractivity contribution is 4.86. The molecule has 1 aliphatic carbocycles. The van der Waals surface area contributed by atoms with Crippen LogP contribution in [-0.2, 0) is 0 Å². The van der Waals surface area contributed by atoms with Crippen molar-refractivity contribution < 1.29 is 5.11 Å². The lowest BCUT2D eigenvalue weighted by Gasteiger charge is -2.43. The third kappa shape index (κ3) is 3.76. The Balaban J connectivity index is 2.43. The second-order valence-corrected chi connectivity index (χ2v) is 6.48. The lowest BCUT2D eigenvalue weighted by atomic mass is 9.62. The van der Waals surface area contributed by atoms with Gasteiger partial charge in [-0.05, 0) is 42.9 Å². The first kappa shape index (κ1) is 14.0. The van der Waals surface area contributed by atoms with E-state index in [1.54, 1.807) is 0 Å². The third-order valence-electron chi connectivity index (χ3n) is 4.60. The largest absolute Gasteiger partial charge is 0.393 e.